The van der Waals surface area contributed by atoms with E-state index in [0.717, 1.165) is 52.3 Å². The molecule has 0 saturated heterocycles. The lowest BCUT2D eigenvalue weighted by Gasteiger charge is -2.31. The number of fused-ring (bicyclic) bond motifs is 4. The first kappa shape index (κ1) is 21.2. The van der Waals surface area contributed by atoms with Gasteiger partial charge >= 0.3 is 0 Å². The molecule has 0 radical (unpaired) electrons. The molecule has 7 heteroatoms. The van der Waals surface area contributed by atoms with Crippen molar-refractivity contribution >= 4 is 23.1 Å². The van der Waals surface area contributed by atoms with Crippen molar-refractivity contribution in [1.29, 1.82) is 0 Å². The van der Waals surface area contributed by atoms with E-state index in [-0.39, 0.29) is 18.4 Å². The van der Waals surface area contributed by atoms with Gasteiger partial charge in [0.15, 0.2) is 16.3 Å². The largest absolute Gasteiger partial charge is 0.496 e. The van der Waals surface area contributed by atoms with Crippen molar-refractivity contribution in [2.45, 2.75) is 18.9 Å². The van der Waals surface area contributed by atoms with Crippen LogP contribution in [0.1, 0.15) is 34.7 Å². The molecule has 0 unspecified atom stereocenters. The summed E-state index contributed by atoms with van der Waals surface area (Å²) < 4.78 is 19.2. The minimum Gasteiger partial charge on any atom is -0.496 e. The number of hydrogen-bond acceptors (Lipinski definition) is 6. The van der Waals surface area contributed by atoms with E-state index in [2.05, 4.69) is 30.3 Å². The highest BCUT2D eigenvalue weighted by atomic mass is 32.1. The van der Waals surface area contributed by atoms with Crippen LogP contribution in [-0.4, -0.2) is 18.5 Å². The van der Waals surface area contributed by atoms with Gasteiger partial charge in [-0.05, 0) is 53.8 Å². The van der Waals surface area contributed by atoms with Gasteiger partial charge in [-0.3, -0.25) is 9.36 Å². The molecule has 2 aliphatic heterocycles. The van der Waals surface area contributed by atoms with Gasteiger partial charge < -0.3 is 14.2 Å². The lowest BCUT2D eigenvalue weighted by atomic mass is 9.83. The van der Waals surface area contributed by atoms with Gasteiger partial charge in [0.25, 0.3) is 5.56 Å². The van der Waals surface area contributed by atoms with E-state index in [4.69, 9.17) is 19.2 Å². The smallest absolute Gasteiger partial charge is 0.271 e. The summed E-state index contributed by atoms with van der Waals surface area (Å²) >= 11 is 1.41. The van der Waals surface area contributed by atoms with Crippen LogP contribution in [0, 0.1) is 0 Å². The van der Waals surface area contributed by atoms with Crippen molar-refractivity contribution in [2.24, 2.45) is 4.99 Å². The number of aryl methyl sites for hydroxylation is 1. The van der Waals surface area contributed by atoms with Crippen LogP contribution in [0.25, 0.3) is 11.8 Å². The maximum absolute atomic E-state index is 13.9. The van der Waals surface area contributed by atoms with Crippen LogP contribution in [0.5, 0.6) is 17.2 Å². The molecule has 0 spiro atoms. The fourth-order valence-electron chi connectivity index (χ4n) is 5.35. The summed E-state index contributed by atoms with van der Waals surface area (Å²) in [6, 6.07) is 21.8. The Bertz CT molecular complexity index is 1750. The second-order valence-electron chi connectivity index (χ2n) is 8.97. The van der Waals surface area contributed by atoms with E-state index in [1.807, 2.05) is 47.0 Å². The Morgan fingerprint density at radius 3 is 2.78 bits per heavy atom. The van der Waals surface area contributed by atoms with E-state index in [0.29, 0.717) is 15.1 Å². The Labute approximate surface area is 211 Å². The van der Waals surface area contributed by atoms with Crippen LogP contribution >= 0.6 is 11.3 Å². The summed E-state index contributed by atoms with van der Waals surface area (Å²) in [6.07, 6.45) is 3.66. The lowest BCUT2D eigenvalue weighted by Crippen LogP contribution is -2.38. The molecular formula is C29H22N2O4S. The SMILES string of the molecule is COc1ccccc1[C@H]1C2=C(N=c3s/c(=C\c4ccc5c(c4)OCO5)c(=O)n31)c1ccccc1CC2. The fourth-order valence-corrected chi connectivity index (χ4v) is 6.35. The topological polar surface area (TPSA) is 62.0 Å². The monoisotopic (exact) mass is 494 g/mol. The number of methoxy groups -OCH3 is 1. The van der Waals surface area contributed by atoms with Gasteiger partial charge in [-0.25, -0.2) is 4.99 Å². The maximum atomic E-state index is 13.9. The van der Waals surface area contributed by atoms with Crippen molar-refractivity contribution < 1.29 is 14.2 Å². The second kappa shape index (κ2) is 8.24. The highest BCUT2D eigenvalue weighted by Gasteiger charge is 2.34. The molecule has 4 aromatic rings. The zero-order chi connectivity index (χ0) is 24.2. The number of ether oxygens (including phenoxy) is 3. The predicted molar refractivity (Wildman–Crippen MR) is 138 cm³/mol. The fraction of sp³-hybridized carbons (Fsp3) is 0.172. The molecular weight excluding hydrogens is 472 g/mol. The van der Waals surface area contributed by atoms with Crippen molar-refractivity contribution in [3.8, 4) is 17.2 Å². The van der Waals surface area contributed by atoms with Crippen LogP contribution in [-0.2, 0) is 6.42 Å². The maximum Gasteiger partial charge on any atom is 0.271 e. The molecule has 3 aliphatic rings. The summed E-state index contributed by atoms with van der Waals surface area (Å²) in [5, 5.41) is 0. The van der Waals surface area contributed by atoms with Crippen molar-refractivity contribution in [1.82, 2.24) is 4.57 Å². The molecule has 3 aromatic carbocycles. The van der Waals surface area contributed by atoms with Crippen LogP contribution in [0.2, 0.25) is 0 Å². The molecule has 0 N–H and O–H groups in total. The summed E-state index contributed by atoms with van der Waals surface area (Å²) in [7, 11) is 1.67. The first-order chi connectivity index (χ1) is 17.7. The summed E-state index contributed by atoms with van der Waals surface area (Å²) in [5.41, 5.74) is 6.36. The Morgan fingerprint density at radius 2 is 1.86 bits per heavy atom. The molecule has 178 valence electrons. The number of allylic oxidation sites excluding steroid dienone is 1. The quantitative estimate of drug-likeness (QED) is 0.431. The minimum atomic E-state index is -0.278. The molecule has 0 bridgehead atoms. The standard InChI is InChI=1S/C29H22N2O4S/c1-33-22-9-5-4-8-20(22)27-21-12-11-18-6-2-3-7-19(18)26(21)30-29-31(27)28(32)25(36-29)15-17-10-13-23-24(14-17)35-16-34-23/h2-10,13-15,27H,11-12,16H2,1H3/b25-15-/t27-/m0/s1. The third-order valence-corrected chi connectivity index (χ3v) is 7.98. The number of benzene rings is 3. The van der Waals surface area contributed by atoms with Crippen molar-refractivity contribution in [3.05, 3.63) is 114 Å². The van der Waals surface area contributed by atoms with Gasteiger partial charge in [0.1, 0.15) is 5.75 Å². The third kappa shape index (κ3) is 3.23. The van der Waals surface area contributed by atoms with Crippen molar-refractivity contribution in [3.63, 3.8) is 0 Å². The van der Waals surface area contributed by atoms with Crippen LogP contribution in [0.3, 0.4) is 0 Å². The molecule has 0 fully saturated rings. The lowest BCUT2D eigenvalue weighted by molar-refractivity contribution is 0.174. The number of para-hydroxylation sites is 1. The molecule has 1 atom stereocenters. The second-order valence-corrected chi connectivity index (χ2v) is 9.98. The van der Waals surface area contributed by atoms with Crippen LogP contribution in [0.15, 0.2) is 82.1 Å². The molecule has 6 nitrogen and oxygen atoms in total. The highest BCUT2D eigenvalue weighted by Crippen LogP contribution is 2.43. The third-order valence-electron chi connectivity index (χ3n) is 7.00. The Hall–Kier alpha value is -4.10. The minimum absolute atomic E-state index is 0.0577. The van der Waals surface area contributed by atoms with Crippen LogP contribution < -0.4 is 29.1 Å². The van der Waals surface area contributed by atoms with E-state index >= 15 is 0 Å². The molecule has 3 heterocycles. The molecule has 36 heavy (non-hydrogen) atoms. The predicted octanol–water partition coefficient (Wildman–Crippen LogP) is 4.06. The van der Waals surface area contributed by atoms with Gasteiger partial charge in [0.2, 0.25) is 6.79 Å². The van der Waals surface area contributed by atoms with Gasteiger partial charge in [-0.15, -0.1) is 0 Å². The van der Waals surface area contributed by atoms with Gasteiger partial charge in [0, 0.05) is 11.1 Å². The first-order valence-electron chi connectivity index (χ1n) is 11.9. The zero-order valence-electron chi connectivity index (χ0n) is 19.6. The number of hydrogen-bond donors (Lipinski definition) is 0. The van der Waals surface area contributed by atoms with E-state index in [9.17, 15) is 4.79 Å². The molecule has 7 rings (SSSR count). The Morgan fingerprint density at radius 1 is 1.03 bits per heavy atom. The molecule has 0 amide bonds. The normalized spacial score (nSPS) is 17.8. The van der Waals surface area contributed by atoms with Gasteiger partial charge in [-0.1, -0.05) is 59.9 Å². The summed E-state index contributed by atoms with van der Waals surface area (Å²) in [6.45, 7) is 0.215. The molecule has 0 saturated carbocycles. The highest BCUT2D eigenvalue weighted by molar-refractivity contribution is 7.07. The van der Waals surface area contributed by atoms with E-state index in [1.54, 1.807) is 7.11 Å². The Kier molecular flexibility index (Phi) is 4.85. The summed E-state index contributed by atoms with van der Waals surface area (Å²) in [5.74, 6) is 2.17. The average Bonchev–Trinajstić information content (AvgIpc) is 3.51. The summed E-state index contributed by atoms with van der Waals surface area (Å²) in [4.78, 5) is 19.7. The number of aromatic nitrogens is 1. The first-order valence-corrected chi connectivity index (χ1v) is 12.7. The number of rotatable bonds is 3. The van der Waals surface area contributed by atoms with Gasteiger partial charge in [0.05, 0.1) is 23.4 Å². The Balaban J connectivity index is 1.48. The van der Waals surface area contributed by atoms with Crippen molar-refractivity contribution in [2.75, 3.05) is 13.9 Å². The molecule has 1 aromatic heterocycles. The molecule has 1 aliphatic carbocycles. The number of nitrogens with zero attached hydrogens (tertiary/aromatic N) is 2. The number of thiazole rings is 1. The van der Waals surface area contributed by atoms with Crippen LogP contribution in [0.4, 0.5) is 0 Å². The average molecular weight is 495 g/mol. The van der Waals surface area contributed by atoms with E-state index < -0.39 is 0 Å². The zero-order valence-corrected chi connectivity index (χ0v) is 20.4. The van der Waals surface area contributed by atoms with Gasteiger partial charge in [-0.2, -0.15) is 0 Å². The van der Waals surface area contributed by atoms with E-state index in [1.165, 1.54) is 16.9 Å².